The van der Waals surface area contributed by atoms with Gasteiger partial charge in [0.25, 0.3) is 0 Å². The van der Waals surface area contributed by atoms with E-state index in [0.29, 0.717) is 19.6 Å². The van der Waals surface area contributed by atoms with E-state index in [1.165, 1.54) is 0 Å². The number of nitrogens with zero attached hydrogens (tertiary/aromatic N) is 4. The highest BCUT2D eigenvalue weighted by Crippen LogP contribution is 2.17. The number of hydrogen-bond donors (Lipinski definition) is 0. The van der Waals surface area contributed by atoms with Crippen LogP contribution in [0.5, 0.6) is 0 Å². The van der Waals surface area contributed by atoms with Crippen molar-refractivity contribution in [3.05, 3.63) is 12.4 Å². The molecule has 1 heterocycles. The average molecular weight is 252 g/mol. The minimum Gasteiger partial charge on any atom is -0.383 e. The lowest BCUT2D eigenvalue weighted by atomic mass is 10.4. The molecule has 0 aromatic carbocycles. The third kappa shape index (κ3) is 4.59. The number of aromatic nitrogens is 2. The number of nitriles is 1. The highest BCUT2D eigenvalue weighted by atomic mass is 32.2. The topological polar surface area (TPSA) is 62.0 Å². The van der Waals surface area contributed by atoms with Gasteiger partial charge in [-0.2, -0.15) is 5.26 Å². The van der Waals surface area contributed by atoms with E-state index in [0.717, 1.165) is 17.4 Å². The van der Waals surface area contributed by atoms with Crippen molar-refractivity contribution in [1.82, 2.24) is 9.97 Å². The Balaban J connectivity index is 2.75. The largest absolute Gasteiger partial charge is 0.383 e. The molecule has 0 spiro atoms. The van der Waals surface area contributed by atoms with Crippen LogP contribution in [0.4, 0.5) is 5.82 Å². The first-order valence-corrected chi connectivity index (χ1v) is 6.51. The third-order valence-electron chi connectivity index (χ3n) is 2.22. The van der Waals surface area contributed by atoms with Crippen LogP contribution >= 0.6 is 11.8 Å². The normalized spacial score (nSPS) is 9.94. The molecule has 0 aliphatic heterocycles. The molecule has 0 atom stereocenters. The van der Waals surface area contributed by atoms with Gasteiger partial charge in [-0.25, -0.2) is 9.97 Å². The van der Waals surface area contributed by atoms with Gasteiger partial charge in [-0.15, -0.1) is 11.8 Å². The van der Waals surface area contributed by atoms with Crippen molar-refractivity contribution in [2.24, 2.45) is 0 Å². The van der Waals surface area contributed by atoms with Crippen LogP contribution in [0.2, 0.25) is 0 Å². The zero-order valence-electron chi connectivity index (χ0n) is 10.1. The molecule has 0 unspecified atom stereocenters. The van der Waals surface area contributed by atoms with Crippen molar-refractivity contribution in [3.63, 3.8) is 0 Å². The smallest absolute Gasteiger partial charge is 0.133 e. The minimum absolute atomic E-state index is 0.475. The molecule has 17 heavy (non-hydrogen) atoms. The second-order valence-corrected chi connectivity index (χ2v) is 4.13. The summed E-state index contributed by atoms with van der Waals surface area (Å²) in [4.78, 5) is 10.4. The Bertz CT molecular complexity index is 380. The summed E-state index contributed by atoms with van der Waals surface area (Å²) in [5, 5.41) is 9.57. The highest BCUT2D eigenvalue weighted by molar-refractivity contribution is 7.98. The summed E-state index contributed by atoms with van der Waals surface area (Å²) in [7, 11) is 1.66. The van der Waals surface area contributed by atoms with Crippen molar-refractivity contribution in [2.45, 2.75) is 11.4 Å². The van der Waals surface area contributed by atoms with Crippen LogP contribution in [-0.4, -0.2) is 43.0 Å². The zero-order chi connectivity index (χ0) is 12.5. The molecule has 0 fully saturated rings. The molecule has 0 saturated heterocycles. The first-order valence-electron chi connectivity index (χ1n) is 5.28. The van der Waals surface area contributed by atoms with Gasteiger partial charge in [0.05, 0.1) is 19.1 Å². The van der Waals surface area contributed by atoms with Crippen LogP contribution in [0, 0.1) is 11.3 Å². The van der Waals surface area contributed by atoms with Crippen molar-refractivity contribution >= 4 is 17.6 Å². The quantitative estimate of drug-likeness (QED) is 0.542. The molecular formula is C11H16N4OS. The van der Waals surface area contributed by atoms with E-state index in [1.54, 1.807) is 25.2 Å². The van der Waals surface area contributed by atoms with Gasteiger partial charge in [0.15, 0.2) is 0 Å². The Kier molecular flexibility index (Phi) is 6.37. The maximum atomic E-state index is 8.64. The van der Waals surface area contributed by atoms with Crippen LogP contribution < -0.4 is 4.90 Å². The van der Waals surface area contributed by atoms with Crippen LogP contribution in [0.1, 0.15) is 6.42 Å². The Morgan fingerprint density at radius 2 is 2.29 bits per heavy atom. The standard InChI is InChI=1S/C11H16N4OS/c1-16-7-6-15(5-3-4-12)10-8-11(17-2)14-9-13-10/h8-9H,3,5-7H2,1-2H3. The molecule has 0 N–H and O–H groups in total. The van der Waals surface area contributed by atoms with Crippen molar-refractivity contribution < 1.29 is 4.74 Å². The van der Waals surface area contributed by atoms with E-state index in [9.17, 15) is 0 Å². The third-order valence-corrected chi connectivity index (χ3v) is 2.86. The van der Waals surface area contributed by atoms with E-state index in [4.69, 9.17) is 10.00 Å². The van der Waals surface area contributed by atoms with Crippen molar-refractivity contribution in [1.29, 1.82) is 5.26 Å². The van der Waals surface area contributed by atoms with E-state index >= 15 is 0 Å². The van der Waals surface area contributed by atoms with E-state index < -0.39 is 0 Å². The minimum atomic E-state index is 0.475. The second kappa shape index (κ2) is 7.87. The molecule has 92 valence electrons. The maximum Gasteiger partial charge on any atom is 0.133 e. The SMILES string of the molecule is COCCN(CCC#N)c1cc(SC)ncn1. The molecule has 1 aromatic rings. The highest BCUT2D eigenvalue weighted by Gasteiger charge is 2.08. The predicted molar refractivity (Wildman–Crippen MR) is 68.1 cm³/mol. The first kappa shape index (κ1) is 13.7. The number of rotatable bonds is 7. The first-order chi connectivity index (χ1) is 8.31. The Morgan fingerprint density at radius 3 is 2.94 bits per heavy atom. The molecule has 0 radical (unpaired) electrons. The zero-order valence-corrected chi connectivity index (χ0v) is 10.9. The fraction of sp³-hybridized carbons (Fsp3) is 0.545. The Morgan fingerprint density at radius 1 is 1.47 bits per heavy atom. The fourth-order valence-electron chi connectivity index (χ4n) is 1.34. The van der Waals surface area contributed by atoms with E-state index in [1.807, 2.05) is 17.2 Å². The molecular weight excluding hydrogens is 236 g/mol. The Hall–Kier alpha value is -1.32. The number of anilines is 1. The molecule has 5 nitrogen and oxygen atoms in total. The van der Waals surface area contributed by atoms with Crippen LogP contribution in [0.15, 0.2) is 17.4 Å². The fourth-order valence-corrected chi connectivity index (χ4v) is 1.72. The monoisotopic (exact) mass is 252 g/mol. The molecule has 6 heteroatoms. The number of methoxy groups -OCH3 is 1. The molecule has 0 bridgehead atoms. The lowest BCUT2D eigenvalue weighted by Crippen LogP contribution is -2.29. The Labute approximate surface area is 106 Å². The van der Waals surface area contributed by atoms with Gasteiger partial charge < -0.3 is 9.64 Å². The van der Waals surface area contributed by atoms with Gasteiger partial charge in [-0.1, -0.05) is 0 Å². The summed E-state index contributed by atoms with van der Waals surface area (Å²) in [6.45, 7) is 2.00. The summed E-state index contributed by atoms with van der Waals surface area (Å²) in [6.07, 6.45) is 4.00. The van der Waals surface area contributed by atoms with Gasteiger partial charge in [0, 0.05) is 26.3 Å². The molecule has 0 amide bonds. The summed E-state index contributed by atoms with van der Waals surface area (Å²) in [6, 6.07) is 4.07. The second-order valence-electron chi connectivity index (χ2n) is 3.31. The van der Waals surface area contributed by atoms with Crippen molar-refractivity contribution in [3.8, 4) is 6.07 Å². The number of thioether (sulfide) groups is 1. The summed E-state index contributed by atoms with van der Waals surface area (Å²) >= 11 is 1.57. The van der Waals surface area contributed by atoms with Crippen LogP contribution in [0.25, 0.3) is 0 Å². The maximum absolute atomic E-state index is 8.64. The summed E-state index contributed by atoms with van der Waals surface area (Å²) in [5.41, 5.74) is 0. The average Bonchev–Trinajstić information content (AvgIpc) is 2.39. The summed E-state index contributed by atoms with van der Waals surface area (Å²) < 4.78 is 5.06. The van der Waals surface area contributed by atoms with Crippen molar-refractivity contribution in [2.75, 3.05) is 38.0 Å². The van der Waals surface area contributed by atoms with Gasteiger partial charge >= 0.3 is 0 Å². The van der Waals surface area contributed by atoms with E-state index in [2.05, 4.69) is 16.0 Å². The molecule has 1 rings (SSSR count). The number of hydrogen-bond acceptors (Lipinski definition) is 6. The summed E-state index contributed by atoms with van der Waals surface area (Å²) in [5.74, 6) is 0.844. The lowest BCUT2D eigenvalue weighted by Gasteiger charge is -2.22. The van der Waals surface area contributed by atoms with E-state index in [-0.39, 0.29) is 0 Å². The van der Waals surface area contributed by atoms with Gasteiger partial charge in [-0.05, 0) is 6.26 Å². The van der Waals surface area contributed by atoms with Crippen LogP contribution in [-0.2, 0) is 4.74 Å². The molecule has 0 aliphatic rings. The predicted octanol–water partition coefficient (Wildman–Crippen LogP) is 1.56. The molecule has 0 aliphatic carbocycles. The van der Waals surface area contributed by atoms with Gasteiger partial charge in [-0.3, -0.25) is 0 Å². The number of ether oxygens (including phenoxy) is 1. The van der Waals surface area contributed by atoms with Crippen LogP contribution in [0.3, 0.4) is 0 Å². The van der Waals surface area contributed by atoms with Gasteiger partial charge in [0.1, 0.15) is 17.2 Å². The lowest BCUT2D eigenvalue weighted by molar-refractivity contribution is 0.205. The molecule has 1 aromatic heterocycles. The van der Waals surface area contributed by atoms with Gasteiger partial charge in [0.2, 0.25) is 0 Å². The molecule has 0 saturated carbocycles.